The van der Waals surface area contributed by atoms with Gasteiger partial charge in [-0.1, -0.05) is 72.3 Å². The molecule has 0 aliphatic heterocycles. The standard InChI is InChI=1S/C41H49N7O7/c1-27-11-17-33(18-12-27)45-40(52)54-26-31-15-21-34(22-16-31)46-41(53)55-25-30-13-19-32(20-14-30)44-38(50)35(10-6-7-23-42)47-39(51)36(48-37(49)28(2)43)24-29-8-4-3-5-9-29/h3-5,8-9,11-22,28,35-36H,6-7,10,23-26,42-43H2,1-2H3,(H,44,50)(H,45,52)(H,46,53)(H,47,51)(H,48,49)/t28-,35+,36+/m1/s1. The third-order valence-corrected chi connectivity index (χ3v) is 8.37. The summed E-state index contributed by atoms with van der Waals surface area (Å²) in [6.07, 6.45) is 0.546. The molecule has 0 aromatic heterocycles. The zero-order chi connectivity index (χ0) is 39.6. The predicted octanol–water partition coefficient (Wildman–Crippen LogP) is 5.12. The Morgan fingerprint density at radius 3 is 1.58 bits per heavy atom. The van der Waals surface area contributed by atoms with Crippen molar-refractivity contribution < 1.29 is 33.4 Å². The Labute approximate surface area is 320 Å². The number of anilines is 3. The van der Waals surface area contributed by atoms with Crippen LogP contribution in [0.25, 0.3) is 0 Å². The molecule has 14 heteroatoms. The van der Waals surface area contributed by atoms with Crippen molar-refractivity contribution in [1.82, 2.24) is 10.6 Å². The van der Waals surface area contributed by atoms with E-state index in [0.29, 0.717) is 48.4 Å². The van der Waals surface area contributed by atoms with Crippen molar-refractivity contribution in [2.45, 2.75) is 70.9 Å². The highest BCUT2D eigenvalue weighted by Crippen LogP contribution is 2.16. The molecular weight excluding hydrogens is 702 g/mol. The highest BCUT2D eigenvalue weighted by Gasteiger charge is 2.28. The van der Waals surface area contributed by atoms with Gasteiger partial charge in [0.15, 0.2) is 0 Å². The molecule has 4 aromatic carbocycles. The van der Waals surface area contributed by atoms with E-state index in [2.05, 4.69) is 26.6 Å². The first kappa shape index (κ1) is 41.5. The Balaban J connectivity index is 1.25. The number of hydrogen-bond acceptors (Lipinski definition) is 9. The Hall–Kier alpha value is -6.25. The van der Waals surface area contributed by atoms with Crippen LogP contribution in [0.1, 0.15) is 48.4 Å². The van der Waals surface area contributed by atoms with Crippen LogP contribution in [0.2, 0.25) is 0 Å². The molecule has 4 rings (SSSR count). The summed E-state index contributed by atoms with van der Waals surface area (Å²) in [5.41, 5.74) is 16.3. The van der Waals surface area contributed by atoms with Gasteiger partial charge < -0.3 is 36.9 Å². The minimum Gasteiger partial charge on any atom is -0.444 e. The van der Waals surface area contributed by atoms with Crippen LogP contribution in [0, 0.1) is 6.92 Å². The van der Waals surface area contributed by atoms with Gasteiger partial charge in [0.25, 0.3) is 0 Å². The Morgan fingerprint density at radius 1 is 0.582 bits per heavy atom. The zero-order valence-electron chi connectivity index (χ0n) is 31.0. The van der Waals surface area contributed by atoms with Crippen LogP contribution in [0.4, 0.5) is 26.7 Å². The molecular formula is C41H49N7O7. The van der Waals surface area contributed by atoms with Gasteiger partial charge in [-0.3, -0.25) is 25.0 Å². The summed E-state index contributed by atoms with van der Waals surface area (Å²) in [7, 11) is 0. The van der Waals surface area contributed by atoms with Gasteiger partial charge in [0.2, 0.25) is 17.7 Å². The largest absolute Gasteiger partial charge is 0.444 e. The number of hydrogen-bond donors (Lipinski definition) is 7. The summed E-state index contributed by atoms with van der Waals surface area (Å²) >= 11 is 0. The van der Waals surface area contributed by atoms with E-state index < -0.39 is 48.0 Å². The summed E-state index contributed by atoms with van der Waals surface area (Å²) in [5.74, 6) is -1.44. The maximum absolute atomic E-state index is 13.5. The smallest absolute Gasteiger partial charge is 0.411 e. The number of nitrogens with one attached hydrogen (secondary N) is 5. The van der Waals surface area contributed by atoms with Crippen LogP contribution >= 0.6 is 0 Å². The van der Waals surface area contributed by atoms with Crippen LogP contribution in [-0.4, -0.2) is 54.6 Å². The Kier molecular flexibility index (Phi) is 16.2. The predicted molar refractivity (Wildman–Crippen MR) is 211 cm³/mol. The normalized spacial score (nSPS) is 12.3. The minimum atomic E-state index is -0.953. The molecule has 0 aliphatic carbocycles. The number of rotatable bonds is 18. The van der Waals surface area contributed by atoms with Crippen molar-refractivity contribution in [2.75, 3.05) is 22.5 Å². The van der Waals surface area contributed by atoms with Gasteiger partial charge in [0.1, 0.15) is 25.3 Å². The average Bonchev–Trinajstić information content (AvgIpc) is 3.18. The summed E-state index contributed by atoms with van der Waals surface area (Å²) < 4.78 is 10.6. The summed E-state index contributed by atoms with van der Waals surface area (Å²) in [4.78, 5) is 63.9. The molecule has 55 heavy (non-hydrogen) atoms. The SMILES string of the molecule is Cc1ccc(NC(=O)OCc2ccc(NC(=O)OCc3ccc(NC(=O)[C@H](CCCCN)NC(=O)[C@H](Cc4ccccc4)NC(=O)[C@@H](C)N)cc3)cc2)cc1. The highest BCUT2D eigenvalue weighted by atomic mass is 16.6. The maximum atomic E-state index is 13.5. The van der Waals surface area contributed by atoms with Gasteiger partial charge in [-0.25, -0.2) is 9.59 Å². The lowest BCUT2D eigenvalue weighted by Gasteiger charge is -2.24. The lowest BCUT2D eigenvalue weighted by Crippen LogP contribution is -2.55. The number of nitrogens with two attached hydrogens (primary N) is 2. The van der Waals surface area contributed by atoms with Crippen LogP contribution < -0.4 is 38.1 Å². The van der Waals surface area contributed by atoms with Gasteiger partial charge in [-0.2, -0.15) is 0 Å². The number of unbranched alkanes of at least 4 members (excludes halogenated alkanes) is 1. The monoisotopic (exact) mass is 751 g/mol. The molecule has 0 heterocycles. The number of ether oxygens (including phenoxy) is 2. The summed E-state index contributed by atoms with van der Waals surface area (Å²) in [6, 6.07) is 27.4. The van der Waals surface area contributed by atoms with E-state index in [-0.39, 0.29) is 19.6 Å². The van der Waals surface area contributed by atoms with E-state index in [1.165, 1.54) is 6.92 Å². The van der Waals surface area contributed by atoms with E-state index in [1.807, 2.05) is 49.4 Å². The molecule has 0 saturated heterocycles. The molecule has 0 saturated carbocycles. The first-order chi connectivity index (χ1) is 26.5. The van der Waals surface area contributed by atoms with E-state index >= 15 is 0 Å². The quantitative estimate of drug-likeness (QED) is 0.0671. The van der Waals surface area contributed by atoms with Crippen LogP contribution in [0.15, 0.2) is 103 Å². The van der Waals surface area contributed by atoms with E-state index in [9.17, 15) is 24.0 Å². The Morgan fingerprint density at radius 2 is 1.07 bits per heavy atom. The van der Waals surface area contributed by atoms with E-state index in [4.69, 9.17) is 20.9 Å². The molecule has 0 unspecified atom stereocenters. The fourth-order valence-electron chi connectivity index (χ4n) is 5.24. The van der Waals surface area contributed by atoms with Crippen molar-refractivity contribution in [1.29, 1.82) is 0 Å². The molecule has 4 aromatic rings. The van der Waals surface area contributed by atoms with Crippen LogP contribution in [-0.2, 0) is 43.5 Å². The first-order valence-electron chi connectivity index (χ1n) is 18.0. The lowest BCUT2D eigenvalue weighted by molar-refractivity contribution is -0.131. The van der Waals surface area contributed by atoms with Gasteiger partial charge >= 0.3 is 12.2 Å². The van der Waals surface area contributed by atoms with Crippen molar-refractivity contribution in [2.24, 2.45) is 11.5 Å². The van der Waals surface area contributed by atoms with Gasteiger partial charge in [0, 0.05) is 23.5 Å². The second kappa shape index (κ2) is 21.5. The van der Waals surface area contributed by atoms with Gasteiger partial charge in [-0.05, 0) is 92.7 Å². The molecule has 290 valence electrons. The summed E-state index contributed by atoms with van der Waals surface area (Å²) in [6.45, 7) is 3.93. The van der Waals surface area contributed by atoms with Gasteiger partial charge in [0.05, 0.1) is 6.04 Å². The number of aryl methyl sites for hydroxylation is 1. The third kappa shape index (κ3) is 14.6. The third-order valence-electron chi connectivity index (χ3n) is 8.37. The number of carbonyl (C=O) groups excluding carboxylic acids is 5. The molecule has 3 atom stereocenters. The maximum Gasteiger partial charge on any atom is 0.411 e. The fourth-order valence-corrected chi connectivity index (χ4v) is 5.24. The zero-order valence-corrected chi connectivity index (χ0v) is 31.0. The van der Waals surface area contributed by atoms with E-state index in [1.54, 1.807) is 60.7 Å². The fraction of sp³-hybridized carbons (Fsp3) is 0.293. The highest BCUT2D eigenvalue weighted by molar-refractivity contribution is 5.98. The van der Waals surface area contributed by atoms with Gasteiger partial charge in [-0.15, -0.1) is 0 Å². The number of amides is 5. The minimum absolute atomic E-state index is 0.0320. The second-order valence-electron chi connectivity index (χ2n) is 13.0. The molecule has 0 bridgehead atoms. The molecule has 0 fully saturated rings. The average molecular weight is 752 g/mol. The number of benzene rings is 4. The Bertz CT molecular complexity index is 1850. The molecule has 5 amide bonds. The lowest BCUT2D eigenvalue weighted by atomic mass is 10.0. The molecule has 0 spiro atoms. The van der Waals surface area contributed by atoms with Crippen molar-refractivity contribution in [3.63, 3.8) is 0 Å². The number of carbonyl (C=O) groups is 5. The molecule has 9 N–H and O–H groups in total. The van der Waals surface area contributed by atoms with Crippen LogP contribution in [0.3, 0.4) is 0 Å². The second-order valence-corrected chi connectivity index (χ2v) is 13.0. The topological polar surface area (TPSA) is 216 Å². The van der Waals surface area contributed by atoms with Crippen LogP contribution in [0.5, 0.6) is 0 Å². The molecule has 14 nitrogen and oxygen atoms in total. The molecule has 0 aliphatic rings. The molecule has 0 radical (unpaired) electrons. The van der Waals surface area contributed by atoms with Crippen molar-refractivity contribution in [3.8, 4) is 0 Å². The first-order valence-corrected chi connectivity index (χ1v) is 18.0. The van der Waals surface area contributed by atoms with Crippen molar-refractivity contribution in [3.05, 3.63) is 125 Å². The summed E-state index contributed by atoms with van der Waals surface area (Å²) in [5, 5.41) is 13.7. The van der Waals surface area contributed by atoms with Crippen molar-refractivity contribution >= 4 is 47.0 Å². The van der Waals surface area contributed by atoms with E-state index in [0.717, 1.165) is 16.7 Å².